The van der Waals surface area contributed by atoms with Crippen LogP contribution in [0.1, 0.15) is 43.4 Å². The molecule has 33 heavy (non-hydrogen) atoms. The molecule has 1 saturated heterocycles. The lowest BCUT2D eigenvalue weighted by atomic mass is 10.0. The van der Waals surface area contributed by atoms with Gasteiger partial charge in [0.1, 0.15) is 0 Å². The molecule has 4 rings (SSSR count). The molecule has 2 fully saturated rings. The summed E-state index contributed by atoms with van der Waals surface area (Å²) in [6, 6.07) is 11.4. The largest absolute Gasteiger partial charge is 0.416 e. The first-order valence-corrected chi connectivity index (χ1v) is 10.8. The summed E-state index contributed by atoms with van der Waals surface area (Å²) in [7, 11) is 0. The first-order valence-electron chi connectivity index (χ1n) is 10.8. The highest BCUT2D eigenvalue weighted by molar-refractivity contribution is 6.00. The molecule has 2 atom stereocenters. The number of carbonyl (C=O) groups is 3. The van der Waals surface area contributed by atoms with Crippen molar-refractivity contribution in [3.63, 3.8) is 0 Å². The Hall–Kier alpha value is -3.36. The Balaban J connectivity index is 1.36. The van der Waals surface area contributed by atoms with Crippen molar-refractivity contribution in [1.29, 1.82) is 0 Å². The zero-order valence-electron chi connectivity index (χ0n) is 18.0. The maximum Gasteiger partial charge on any atom is 0.416 e. The van der Waals surface area contributed by atoms with Gasteiger partial charge in [0, 0.05) is 30.3 Å². The minimum absolute atomic E-state index is 0.0142. The van der Waals surface area contributed by atoms with Gasteiger partial charge in [0.05, 0.1) is 17.5 Å². The Labute approximate surface area is 189 Å². The van der Waals surface area contributed by atoms with Gasteiger partial charge in [0.25, 0.3) is 0 Å². The number of alkyl halides is 3. The van der Waals surface area contributed by atoms with Gasteiger partial charge in [0.15, 0.2) is 0 Å². The van der Waals surface area contributed by atoms with E-state index in [2.05, 4.69) is 10.6 Å². The Kier molecular flexibility index (Phi) is 6.14. The van der Waals surface area contributed by atoms with Crippen LogP contribution in [0.5, 0.6) is 0 Å². The molecule has 1 heterocycles. The van der Waals surface area contributed by atoms with E-state index in [0.29, 0.717) is 5.69 Å². The molecule has 2 N–H and O–H groups in total. The standard InChI is InChI=1S/C24H24F3N3O3/c1-14(15-7-9-19(10-8-15)29-22(32)16-5-6-16)28-23(33)17-11-21(31)30(13-17)20-4-2-3-18(12-20)24(25,26)27/h2-4,7-10,12,14,16-17H,5-6,11,13H2,1H3,(H,28,33)(H,29,32). The Morgan fingerprint density at radius 1 is 1.03 bits per heavy atom. The first kappa shape index (κ1) is 22.8. The van der Waals surface area contributed by atoms with Crippen molar-refractivity contribution in [2.75, 3.05) is 16.8 Å². The zero-order chi connectivity index (χ0) is 23.8. The molecule has 6 nitrogen and oxygen atoms in total. The quantitative estimate of drug-likeness (QED) is 0.677. The van der Waals surface area contributed by atoms with Gasteiger partial charge in [0.2, 0.25) is 17.7 Å². The van der Waals surface area contributed by atoms with Crippen molar-refractivity contribution in [3.8, 4) is 0 Å². The van der Waals surface area contributed by atoms with Crippen LogP contribution < -0.4 is 15.5 Å². The van der Waals surface area contributed by atoms with E-state index in [1.165, 1.54) is 17.0 Å². The first-order chi connectivity index (χ1) is 15.6. The number of benzene rings is 2. The molecular weight excluding hydrogens is 435 g/mol. The van der Waals surface area contributed by atoms with Crippen molar-refractivity contribution in [2.24, 2.45) is 11.8 Å². The van der Waals surface area contributed by atoms with E-state index in [1.807, 2.05) is 12.1 Å². The van der Waals surface area contributed by atoms with Crippen molar-refractivity contribution in [3.05, 3.63) is 59.7 Å². The lowest BCUT2D eigenvalue weighted by Gasteiger charge is -2.20. The summed E-state index contributed by atoms with van der Waals surface area (Å²) < 4.78 is 39.0. The van der Waals surface area contributed by atoms with Crippen LogP contribution in [-0.2, 0) is 20.6 Å². The summed E-state index contributed by atoms with van der Waals surface area (Å²) in [4.78, 5) is 38.2. The van der Waals surface area contributed by atoms with Gasteiger partial charge >= 0.3 is 6.18 Å². The minimum atomic E-state index is -4.51. The highest BCUT2D eigenvalue weighted by Gasteiger charge is 2.37. The molecule has 174 valence electrons. The number of nitrogens with zero attached hydrogens (tertiary/aromatic N) is 1. The van der Waals surface area contributed by atoms with E-state index in [4.69, 9.17) is 0 Å². The highest BCUT2D eigenvalue weighted by atomic mass is 19.4. The number of amides is 3. The van der Waals surface area contributed by atoms with Gasteiger partial charge in [-0.3, -0.25) is 14.4 Å². The summed E-state index contributed by atoms with van der Waals surface area (Å²) in [5, 5.41) is 5.72. The summed E-state index contributed by atoms with van der Waals surface area (Å²) in [5.41, 5.74) is 0.798. The summed E-state index contributed by atoms with van der Waals surface area (Å²) >= 11 is 0. The van der Waals surface area contributed by atoms with Crippen molar-refractivity contribution in [1.82, 2.24) is 5.32 Å². The average molecular weight is 459 g/mol. The lowest BCUT2D eigenvalue weighted by Crippen LogP contribution is -2.34. The second-order valence-corrected chi connectivity index (χ2v) is 8.57. The van der Waals surface area contributed by atoms with Gasteiger partial charge in [-0.15, -0.1) is 0 Å². The molecule has 3 amide bonds. The molecule has 2 unspecified atom stereocenters. The molecule has 2 aromatic carbocycles. The fourth-order valence-electron chi connectivity index (χ4n) is 3.84. The molecule has 9 heteroatoms. The topological polar surface area (TPSA) is 78.5 Å². The second-order valence-electron chi connectivity index (χ2n) is 8.57. The third-order valence-corrected chi connectivity index (χ3v) is 5.97. The van der Waals surface area contributed by atoms with Crippen molar-refractivity contribution < 1.29 is 27.6 Å². The maximum atomic E-state index is 13.0. The van der Waals surface area contributed by atoms with Gasteiger partial charge in [-0.25, -0.2) is 0 Å². The van der Waals surface area contributed by atoms with E-state index in [0.717, 1.165) is 30.5 Å². The van der Waals surface area contributed by atoms with E-state index < -0.39 is 23.6 Å². The SMILES string of the molecule is CC(NC(=O)C1CC(=O)N(c2cccc(C(F)(F)F)c2)C1)c1ccc(NC(=O)C2CC2)cc1. The monoisotopic (exact) mass is 459 g/mol. The lowest BCUT2D eigenvalue weighted by molar-refractivity contribution is -0.137. The Morgan fingerprint density at radius 3 is 2.36 bits per heavy atom. The molecule has 1 aliphatic carbocycles. The second kappa shape index (κ2) is 8.88. The van der Waals surface area contributed by atoms with Crippen molar-refractivity contribution in [2.45, 2.75) is 38.4 Å². The molecule has 0 radical (unpaired) electrons. The maximum absolute atomic E-state index is 13.0. The number of hydrogen-bond acceptors (Lipinski definition) is 3. The van der Waals surface area contributed by atoms with E-state index in [9.17, 15) is 27.6 Å². The van der Waals surface area contributed by atoms with Gasteiger partial charge in [-0.2, -0.15) is 13.2 Å². The van der Waals surface area contributed by atoms with Crippen LogP contribution in [0.25, 0.3) is 0 Å². The normalized spacial score (nSPS) is 19.3. The summed E-state index contributed by atoms with van der Waals surface area (Å²) in [6.45, 7) is 1.82. The van der Waals surface area contributed by atoms with Crippen LogP contribution in [0.15, 0.2) is 48.5 Å². The smallest absolute Gasteiger partial charge is 0.349 e. The fourth-order valence-corrected chi connectivity index (χ4v) is 3.84. The highest BCUT2D eigenvalue weighted by Crippen LogP contribution is 2.34. The minimum Gasteiger partial charge on any atom is -0.349 e. The number of rotatable bonds is 6. The molecule has 1 saturated carbocycles. The van der Waals surface area contributed by atoms with Crippen molar-refractivity contribution >= 4 is 29.1 Å². The number of hydrogen-bond donors (Lipinski definition) is 2. The third kappa shape index (κ3) is 5.35. The van der Waals surface area contributed by atoms with Crippen LogP contribution >= 0.6 is 0 Å². The molecule has 2 aliphatic rings. The molecule has 1 aliphatic heterocycles. The zero-order valence-corrected chi connectivity index (χ0v) is 18.0. The number of carbonyl (C=O) groups excluding carboxylic acids is 3. The number of nitrogens with one attached hydrogen (secondary N) is 2. The fraction of sp³-hybridized carbons (Fsp3) is 0.375. The molecule has 0 spiro atoms. The van der Waals surface area contributed by atoms with Crippen LogP contribution in [0.2, 0.25) is 0 Å². The molecule has 2 aromatic rings. The molecule has 0 bridgehead atoms. The average Bonchev–Trinajstić information content (AvgIpc) is 3.55. The number of halogens is 3. The predicted octanol–water partition coefficient (Wildman–Crippen LogP) is 4.28. The van der Waals surface area contributed by atoms with E-state index >= 15 is 0 Å². The van der Waals surface area contributed by atoms with E-state index in [-0.39, 0.29) is 42.4 Å². The van der Waals surface area contributed by atoms with Gasteiger partial charge in [-0.1, -0.05) is 18.2 Å². The summed E-state index contributed by atoms with van der Waals surface area (Å²) in [6.07, 6.45) is -2.74. The van der Waals surface area contributed by atoms with E-state index in [1.54, 1.807) is 19.1 Å². The Morgan fingerprint density at radius 2 is 1.73 bits per heavy atom. The van der Waals surface area contributed by atoms with Crippen LogP contribution in [0.4, 0.5) is 24.5 Å². The molecular formula is C24H24F3N3O3. The Bertz CT molecular complexity index is 1060. The predicted molar refractivity (Wildman–Crippen MR) is 116 cm³/mol. The van der Waals surface area contributed by atoms with Gasteiger partial charge < -0.3 is 15.5 Å². The van der Waals surface area contributed by atoms with Crippen LogP contribution in [-0.4, -0.2) is 24.3 Å². The number of anilines is 2. The van der Waals surface area contributed by atoms with Gasteiger partial charge in [-0.05, 0) is 55.7 Å². The van der Waals surface area contributed by atoms with Crippen LogP contribution in [0, 0.1) is 11.8 Å². The van der Waals surface area contributed by atoms with Crippen LogP contribution in [0.3, 0.4) is 0 Å². The molecule has 0 aromatic heterocycles. The third-order valence-electron chi connectivity index (χ3n) is 5.97. The summed E-state index contributed by atoms with van der Waals surface area (Å²) in [5.74, 6) is -1.27.